The second-order valence-electron chi connectivity index (χ2n) is 7.58. The van der Waals surface area contributed by atoms with Crippen LogP contribution in [-0.4, -0.2) is 29.1 Å². The van der Waals surface area contributed by atoms with Gasteiger partial charge in [0.1, 0.15) is 12.4 Å². The zero-order chi connectivity index (χ0) is 24.9. The smallest absolute Gasteiger partial charge is 0.293 e. The highest BCUT2D eigenvalue weighted by atomic mass is 32.2. The van der Waals surface area contributed by atoms with Crippen molar-refractivity contribution < 1.29 is 33.4 Å². The molecule has 1 aliphatic rings. The average molecular weight is 493 g/mol. The van der Waals surface area contributed by atoms with Crippen molar-refractivity contribution in [3.8, 4) is 11.5 Å². The van der Waals surface area contributed by atoms with E-state index in [1.807, 2.05) is 0 Å². The number of benzene rings is 3. The Morgan fingerprint density at radius 2 is 1.69 bits per heavy atom. The summed E-state index contributed by atoms with van der Waals surface area (Å²) in [7, 11) is 1.48. The highest BCUT2D eigenvalue weighted by Gasteiger charge is 2.35. The summed E-state index contributed by atoms with van der Waals surface area (Å²) in [5.41, 5.74) is 2.13. The predicted molar refractivity (Wildman–Crippen MR) is 126 cm³/mol. The summed E-state index contributed by atoms with van der Waals surface area (Å²) in [6, 6.07) is 16.9. The molecule has 0 bridgehead atoms. The van der Waals surface area contributed by atoms with Gasteiger partial charge < -0.3 is 19.4 Å². The van der Waals surface area contributed by atoms with Gasteiger partial charge in [-0.05, 0) is 64.4 Å². The lowest BCUT2D eigenvalue weighted by Crippen LogP contribution is -2.27. The summed E-state index contributed by atoms with van der Waals surface area (Å²) in [6.07, 6.45) is 1.60. The van der Waals surface area contributed by atoms with Gasteiger partial charge in [-0.3, -0.25) is 14.5 Å². The topological polar surface area (TPSA) is 96.0 Å². The summed E-state index contributed by atoms with van der Waals surface area (Å²) in [6.45, 7) is 0.244. The summed E-state index contributed by atoms with van der Waals surface area (Å²) in [5, 5.41) is 10.5. The molecule has 0 spiro atoms. The number of carboxylic acid groups (broad SMARTS) is 1. The third kappa shape index (κ3) is 5.70. The van der Waals surface area contributed by atoms with Crippen LogP contribution in [-0.2, 0) is 17.9 Å². The van der Waals surface area contributed by atoms with E-state index < -0.39 is 22.9 Å². The number of carbonyl (C=O) groups excluding carboxylic acids is 3. The first kappa shape index (κ1) is 24.0. The van der Waals surface area contributed by atoms with E-state index in [0.717, 1.165) is 22.2 Å². The van der Waals surface area contributed by atoms with Crippen LogP contribution in [0.1, 0.15) is 27.0 Å². The Bertz CT molecular complexity index is 1300. The number of nitrogens with zero attached hydrogens (tertiary/aromatic N) is 1. The average Bonchev–Trinajstić information content (AvgIpc) is 3.11. The largest absolute Gasteiger partial charge is 0.545 e. The minimum atomic E-state index is -1.25. The molecule has 2 amide bonds. The van der Waals surface area contributed by atoms with Crippen molar-refractivity contribution in [3.05, 3.63) is 99.7 Å². The van der Waals surface area contributed by atoms with E-state index in [1.54, 1.807) is 36.4 Å². The van der Waals surface area contributed by atoms with Gasteiger partial charge in [0, 0.05) is 0 Å². The van der Waals surface area contributed by atoms with E-state index in [0.29, 0.717) is 22.6 Å². The van der Waals surface area contributed by atoms with E-state index in [9.17, 15) is 23.9 Å². The summed E-state index contributed by atoms with van der Waals surface area (Å²) in [4.78, 5) is 37.4. The summed E-state index contributed by atoms with van der Waals surface area (Å²) in [5.74, 6) is -1.18. The zero-order valence-corrected chi connectivity index (χ0v) is 19.3. The lowest BCUT2D eigenvalue weighted by molar-refractivity contribution is -0.255. The third-order valence-corrected chi connectivity index (χ3v) is 6.10. The van der Waals surface area contributed by atoms with Crippen LogP contribution < -0.4 is 14.6 Å². The molecule has 0 radical (unpaired) electrons. The van der Waals surface area contributed by atoms with Crippen LogP contribution in [0.3, 0.4) is 0 Å². The molecule has 0 aromatic heterocycles. The fourth-order valence-electron chi connectivity index (χ4n) is 3.35. The fourth-order valence-corrected chi connectivity index (χ4v) is 4.19. The molecule has 178 valence electrons. The van der Waals surface area contributed by atoms with Crippen molar-refractivity contribution in [1.29, 1.82) is 0 Å². The van der Waals surface area contributed by atoms with Crippen LogP contribution in [0, 0.1) is 5.82 Å². The number of carboxylic acids is 1. The maximum Gasteiger partial charge on any atom is 0.293 e. The van der Waals surface area contributed by atoms with Crippen LogP contribution in [0.2, 0.25) is 0 Å². The Morgan fingerprint density at radius 1 is 1.00 bits per heavy atom. The third-order valence-electron chi connectivity index (χ3n) is 5.20. The van der Waals surface area contributed by atoms with Crippen molar-refractivity contribution in [2.75, 3.05) is 7.11 Å². The number of amides is 2. The van der Waals surface area contributed by atoms with Crippen LogP contribution in [0.15, 0.2) is 71.6 Å². The second-order valence-corrected chi connectivity index (χ2v) is 8.57. The molecule has 3 aromatic rings. The molecule has 1 saturated heterocycles. The Morgan fingerprint density at radius 3 is 2.34 bits per heavy atom. The van der Waals surface area contributed by atoms with Gasteiger partial charge in [-0.15, -0.1) is 0 Å². The molecule has 1 heterocycles. The Labute approximate surface area is 204 Å². The lowest BCUT2D eigenvalue weighted by Gasteiger charge is -2.13. The van der Waals surface area contributed by atoms with E-state index >= 15 is 0 Å². The number of carbonyl (C=O) groups is 3. The van der Waals surface area contributed by atoms with Gasteiger partial charge in [0.25, 0.3) is 11.1 Å². The molecule has 0 aliphatic carbocycles. The number of imide groups is 1. The Balaban J connectivity index is 1.45. The zero-order valence-electron chi connectivity index (χ0n) is 18.5. The number of rotatable bonds is 8. The van der Waals surface area contributed by atoms with Gasteiger partial charge in [0.2, 0.25) is 0 Å². The lowest BCUT2D eigenvalue weighted by atomic mass is 10.1. The highest BCUT2D eigenvalue weighted by molar-refractivity contribution is 8.18. The molecule has 1 aliphatic heterocycles. The number of hydrogen-bond donors (Lipinski definition) is 0. The first-order valence-corrected chi connectivity index (χ1v) is 11.3. The van der Waals surface area contributed by atoms with Gasteiger partial charge in [-0.25, -0.2) is 4.39 Å². The van der Waals surface area contributed by atoms with Crippen LogP contribution in [0.25, 0.3) is 6.08 Å². The monoisotopic (exact) mass is 492 g/mol. The minimum absolute atomic E-state index is 0.0579. The van der Waals surface area contributed by atoms with Crippen molar-refractivity contribution in [3.63, 3.8) is 0 Å². The number of methoxy groups -OCH3 is 1. The van der Waals surface area contributed by atoms with Gasteiger partial charge in [-0.2, -0.15) is 0 Å². The molecule has 4 rings (SSSR count). The first-order valence-electron chi connectivity index (χ1n) is 10.4. The maximum atomic E-state index is 13.1. The van der Waals surface area contributed by atoms with Gasteiger partial charge in [0.15, 0.2) is 11.5 Å². The van der Waals surface area contributed by atoms with Crippen molar-refractivity contribution >= 4 is 35.0 Å². The molecule has 1 fully saturated rings. The van der Waals surface area contributed by atoms with Crippen molar-refractivity contribution in [2.45, 2.75) is 13.2 Å². The standard InChI is InChI=1S/C26H20FNO6S/c1-33-22-12-18(6-11-21(22)34-15-17-2-7-19(8-3-17)25(30)31)13-23-24(29)28(26(32)35-23)14-16-4-9-20(27)10-5-16/h2-13H,14-15H2,1H3,(H,30,31)/p-1/b23-13-. The van der Waals surface area contributed by atoms with Crippen LogP contribution >= 0.6 is 11.8 Å². The van der Waals surface area contributed by atoms with Crippen molar-refractivity contribution in [2.24, 2.45) is 0 Å². The predicted octanol–water partition coefficient (Wildman–Crippen LogP) is 4.01. The Kier molecular flexibility index (Phi) is 7.17. The molecule has 7 nitrogen and oxygen atoms in total. The van der Waals surface area contributed by atoms with Crippen LogP contribution in [0.5, 0.6) is 11.5 Å². The Hall–Kier alpha value is -4.11. The number of ether oxygens (including phenoxy) is 2. The molecular formula is C26H19FNO6S-. The minimum Gasteiger partial charge on any atom is -0.545 e. The summed E-state index contributed by atoms with van der Waals surface area (Å²) >= 11 is 0.834. The van der Waals surface area contributed by atoms with E-state index in [1.165, 1.54) is 43.5 Å². The normalized spacial score (nSPS) is 14.5. The van der Waals surface area contributed by atoms with Crippen molar-refractivity contribution in [1.82, 2.24) is 4.90 Å². The van der Waals surface area contributed by atoms with Crippen LogP contribution in [0.4, 0.5) is 9.18 Å². The van der Waals surface area contributed by atoms with E-state index in [4.69, 9.17) is 9.47 Å². The van der Waals surface area contributed by atoms with Gasteiger partial charge in [0.05, 0.1) is 24.5 Å². The molecule has 0 unspecified atom stereocenters. The summed E-state index contributed by atoms with van der Waals surface area (Å²) < 4.78 is 24.3. The number of aromatic carboxylic acids is 1. The number of thioether (sulfide) groups is 1. The number of hydrogen-bond acceptors (Lipinski definition) is 7. The fraction of sp³-hybridized carbons (Fsp3) is 0.115. The second kappa shape index (κ2) is 10.4. The molecule has 35 heavy (non-hydrogen) atoms. The molecule has 0 atom stereocenters. The molecular weight excluding hydrogens is 473 g/mol. The first-order chi connectivity index (χ1) is 16.8. The molecule has 0 saturated carbocycles. The SMILES string of the molecule is COc1cc(/C=C2\SC(=O)N(Cc3ccc(F)cc3)C2=O)ccc1OCc1ccc(C(=O)[O-])cc1. The molecule has 9 heteroatoms. The van der Waals surface area contributed by atoms with E-state index in [2.05, 4.69) is 0 Å². The molecule has 3 aromatic carbocycles. The van der Waals surface area contributed by atoms with Gasteiger partial charge in [-0.1, -0.05) is 42.5 Å². The highest BCUT2D eigenvalue weighted by Crippen LogP contribution is 2.35. The molecule has 0 N–H and O–H groups in total. The quantitative estimate of drug-likeness (QED) is 0.439. The van der Waals surface area contributed by atoms with Gasteiger partial charge >= 0.3 is 0 Å². The van der Waals surface area contributed by atoms with E-state index in [-0.39, 0.29) is 23.6 Å². The number of halogens is 1. The maximum absolute atomic E-state index is 13.1.